The number of rotatable bonds is 4. The highest BCUT2D eigenvalue weighted by Gasteiger charge is 1.99. The normalized spacial score (nSPS) is 10.2. The van der Waals surface area contributed by atoms with Crippen molar-refractivity contribution in [2.24, 2.45) is 0 Å². The minimum Gasteiger partial charge on any atom is -0.369 e. The Bertz CT molecular complexity index is 416. The predicted octanol–water partition coefficient (Wildman–Crippen LogP) is 2.96. The molecule has 0 atom stereocenters. The highest BCUT2D eigenvalue weighted by molar-refractivity contribution is 9.10. The maximum Gasteiger partial charge on any atom is 0.140 e. The third kappa shape index (κ3) is 3.00. The fourth-order valence-electron chi connectivity index (χ4n) is 1.19. The van der Waals surface area contributed by atoms with E-state index >= 15 is 0 Å². The van der Waals surface area contributed by atoms with E-state index in [1.165, 1.54) is 0 Å². The lowest BCUT2D eigenvalue weighted by atomic mass is 10.3. The predicted molar refractivity (Wildman–Crippen MR) is 66.2 cm³/mol. The minimum absolute atomic E-state index is 0.847. The quantitative estimate of drug-likeness (QED) is 0.938. The summed E-state index contributed by atoms with van der Waals surface area (Å²) in [4.78, 5) is 8.44. The zero-order chi connectivity index (χ0) is 10.5. The van der Waals surface area contributed by atoms with Crippen LogP contribution in [0.4, 0.5) is 5.82 Å². The van der Waals surface area contributed by atoms with Gasteiger partial charge in [0.05, 0.1) is 15.7 Å². The van der Waals surface area contributed by atoms with Crippen LogP contribution in [0.5, 0.6) is 0 Å². The molecule has 0 unspecified atom stereocenters. The number of pyridine rings is 1. The Morgan fingerprint density at radius 2 is 2.33 bits per heavy atom. The highest BCUT2D eigenvalue weighted by atomic mass is 79.9. The molecule has 1 N–H and O–H groups in total. The zero-order valence-corrected chi connectivity index (χ0v) is 10.4. The first-order valence-corrected chi connectivity index (χ1v) is 6.31. The van der Waals surface area contributed by atoms with Gasteiger partial charge in [-0.3, -0.25) is 0 Å². The monoisotopic (exact) mass is 283 g/mol. The molecule has 3 nitrogen and oxygen atoms in total. The Morgan fingerprint density at radius 1 is 1.40 bits per heavy atom. The molecule has 2 rings (SSSR count). The largest absolute Gasteiger partial charge is 0.369 e. The number of hydrogen-bond donors (Lipinski definition) is 1. The Morgan fingerprint density at radius 3 is 3.07 bits per heavy atom. The molecule has 2 aromatic rings. The molecule has 0 radical (unpaired) electrons. The van der Waals surface area contributed by atoms with Gasteiger partial charge in [0, 0.05) is 24.5 Å². The number of halogens is 1. The topological polar surface area (TPSA) is 37.8 Å². The van der Waals surface area contributed by atoms with Crippen LogP contribution < -0.4 is 5.32 Å². The number of anilines is 1. The van der Waals surface area contributed by atoms with Gasteiger partial charge < -0.3 is 5.32 Å². The first-order chi connectivity index (χ1) is 7.36. The standard InChI is InChI=1S/C10H10BrN3S/c11-9-2-1-4-12-10(9)13-5-3-8-6-15-7-14-8/h1-2,4,6-7H,3,5H2,(H,12,13). The highest BCUT2D eigenvalue weighted by Crippen LogP contribution is 2.17. The van der Waals surface area contributed by atoms with Crippen molar-refractivity contribution >= 4 is 33.1 Å². The van der Waals surface area contributed by atoms with Crippen LogP contribution in [0, 0.1) is 0 Å². The van der Waals surface area contributed by atoms with Gasteiger partial charge in [-0.05, 0) is 28.1 Å². The second kappa shape index (κ2) is 5.23. The molecule has 5 heteroatoms. The smallest absolute Gasteiger partial charge is 0.140 e. The molecule has 0 bridgehead atoms. The number of hydrogen-bond acceptors (Lipinski definition) is 4. The van der Waals surface area contributed by atoms with E-state index in [-0.39, 0.29) is 0 Å². The second-order valence-corrected chi connectivity index (χ2v) is 4.56. The fourth-order valence-corrected chi connectivity index (χ4v) is 2.17. The van der Waals surface area contributed by atoms with Crippen molar-refractivity contribution in [2.45, 2.75) is 6.42 Å². The number of nitrogens with zero attached hydrogens (tertiary/aromatic N) is 2. The van der Waals surface area contributed by atoms with E-state index in [2.05, 4.69) is 36.6 Å². The van der Waals surface area contributed by atoms with Crippen molar-refractivity contribution in [1.82, 2.24) is 9.97 Å². The van der Waals surface area contributed by atoms with Crippen LogP contribution in [-0.4, -0.2) is 16.5 Å². The maximum absolute atomic E-state index is 4.22. The van der Waals surface area contributed by atoms with Gasteiger partial charge in [0.15, 0.2) is 0 Å². The van der Waals surface area contributed by atoms with Crippen LogP contribution in [0.3, 0.4) is 0 Å². The third-order valence-corrected chi connectivity index (χ3v) is 3.19. The number of thiazole rings is 1. The van der Waals surface area contributed by atoms with Crippen LogP contribution in [0.1, 0.15) is 5.69 Å². The molecular formula is C10H10BrN3S. The van der Waals surface area contributed by atoms with Crippen molar-refractivity contribution in [3.8, 4) is 0 Å². The first kappa shape index (κ1) is 10.6. The molecule has 0 fully saturated rings. The van der Waals surface area contributed by atoms with Gasteiger partial charge in [0.2, 0.25) is 0 Å². The molecule has 0 spiro atoms. The molecule has 0 saturated carbocycles. The van der Waals surface area contributed by atoms with Crippen LogP contribution >= 0.6 is 27.3 Å². The summed E-state index contributed by atoms with van der Waals surface area (Å²) in [6.07, 6.45) is 2.70. The molecule has 0 saturated heterocycles. The van der Waals surface area contributed by atoms with E-state index < -0.39 is 0 Å². The first-order valence-electron chi connectivity index (χ1n) is 4.58. The molecule has 0 aromatic carbocycles. The van der Waals surface area contributed by atoms with Gasteiger partial charge in [-0.1, -0.05) is 0 Å². The van der Waals surface area contributed by atoms with Crippen molar-refractivity contribution in [3.05, 3.63) is 39.4 Å². The van der Waals surface area contributed by atoms with Crippen molar-refractivity contribution in [1.29, 1.82) is 0 Å². The summed E-state index contributed by atoms with van der Waals surface area (Å²) in [5.41, 5.74) is 2.98. The van der Waals surface area contributed by atoms with E-state index in [1.54, 1.807) is 17.5 Å². The second-order valence-electron chi connectivity index (χ2n) is 2.99. The fraction of sp³-hybridized carbons (Fsp3) is 0.200. The summed E-state index contributed by atoms with van der Waals surface area (Å²) in [7, 11) is 0. The van der Waals surface area contributed by atoms with Crippen molar-refractivity contribution in [2.75, 3.05) is 11.9 Å². The SMILES string of the molecule is Brc1cccnc1NCCc1cscn1. The molecule has 0 amide bonds. The van der Waals surface area contributed by atoms with E-state index in [9.17, 15) is 0 Å². The number of nitrogens with one attached hydrogen (secondary N) is 1. The molecule has 78 valence electrons. The minimum atomic E-state index is 0.847. The van der Waals surface area contributed by atoms with E-state index in [0.29, 0.717) is 0 Å². The molecule has 2 heterocycles. The van der Waals surface area contributed by atoms with Gasteiger partial charge >= 0.3 is 0 Å². The molecule has 15 heavy (non-hydrogen) atoms. The summed E-state index contributed by atoms with van der Waals surface area (Å²) in [5, 5.41) is 5.32. The molecular weight excluding hydrogens is 274 g/mol. The van der Waals surface area contributed by atoms with Gasteiger partial charge in [-0.25, -0.2) is 9.97 Å². The van der Waals surface area contributed by atoms with Crippen LogP contribution in [0.2, 0.25) is 0 Å². The van der Waals surface area contributed by atoms with Gasteiger partial charge in [-0.2, -0.15) is 0 Å². The average Bonchev–Trinajstić information content (AvgIpc) is 2.74. The van der Waals surface area contributed by atoms with Gasteiger partial charge in [0.25, 0.3) is 0 Å². The maximum atomic E-state index is 4.22. The lowest BCUT2D eigenvalue weighted by Crippen LogP contribution is -2.06. The number of aromatic nitrogens is 2. The lowest BCUT2D eigenvalue weighted by molar-refractivity contribution is 0.967. The Hall–Kier alpha value is -0.940. The molecule has 0 aliphatic rings. The molecule has 0 aliphatic carbocycles. The van der Waals surface area contributed by atoms with Crippen LogP contribution in [-0.2, 0) is 6.42 Å². The summed E-state index contributed by atoms with van der Waals surface area (Å²) < 4.78 is 0.989. The summed E-state index contributed by atoms with van der Waals surface area (Å²) in [5.74, 6) is 0.882. The Labute approximate surface area is 101 Å². The Kier molecular flexibility index (Phi) is 3.69. The molecule has 2 aromatic heterocycles. The van der Waals surface area contributed by atoms with Gasteiger partial charge in [0.1, 0.15) is 5.82 Å². The lowest BCUT2D eigenvalue weighted by Gasteiger charge is -2.05. The average molecular weight is 284 g/mol. The van der Waals surface area contributed by atoms with Crippen molar-refractivity contribution in [3.63, 3.8) is 0 Å². The van der Waals surface area contributed by atoms with Gasteiger partial charge in [-0.15, -0.1) is 11.3 Å². The van der Waals surface area contributed by atoms with Crippen LogP contribution in [0.25, 0.3) is 0 Å². The van der Waals surface area contributed by atoms with E-state index in [1.807, 2.05) is 17.6 Å². The summed E-state index contributed by atoms with van der Waals surface area (Å²) >= 11 is 5.06. The summed E-state index contributed by atoms with van der Waals surface area (Å²) in [6.45, 7) is 0.847. The zero-order valence-electron chi connectivity index (χ0n) is 7.98. The van der Waals surface area contributed by atoms with E-state index in [0.717, 1.165) is 29.0 Å². The summed E-state index contributed by atoms with van der Waals surface area (Å²) in [6, 6.07) is 3.87. The van der Waals surface area contributed by atoms with Crippen LogP contribution in [0.15, 0.2) is 33.7 Å². The van der Waals surface area contributed by atoms with Crippen molar-refractivity contribution < 1.29 is 0 Å². The van der Waals surface area contributed by atoms with E-state index in [4.69, 9.17) is 0 Å². The third-order valence-electron chi connectivity index (χ3n) is 1.92. The molecule has 0 aliphatic heterocycles. The Balaban J connectivity index is 1.86.